The van der Waals surface area contributed by atoms with Crippen molar-refractivity contribution in [1.82, 2.24) is 19.9 Å². The molecule has 0 saturated carbocycles. The van der Waals surface area contributed by atoms with Crippen molar-refractivity contribution in [2.45, 2.75) is 19.4 Å². The minimum Gasteiger partial charge on any atom is -0.351 e. The molecule has 0 spiro atoms. The minimum atomic E-state index is -0.169. The minimum absolute atomic E-state index is 0.169. The number of imidazole rings is 1. The first-order valence-electron chi connectivity index (χ1n) is 9.69. The van der Waals surface area contributed by atoms with Gasteiger partial charge in [-0.1, -0.05) is 47.5 Å². The fourth-order valence-electron chi connectivity index (χ4n) is 3.35. The summed E-state index contributed by atoms with van der Waals surface area (Å²) in [4.78, 5) is 21.0. The third-order valence-corrected chi connectivity index (χ3v) is 5.42. The average Bonchev–Trinajstić information content (AvgIpc) is 3.11. The summed E-state index contributed by atoms with van der Waals surface area (Å²) in [5.41, 5.74) is 3.39. The van der Waals surface area contributed by atoms with Crippen LogP contribution in [0.1, 0.15) is 28.3 Å². The summed E-state index contributed by atoms with van der Waals surface area (Å²) >= 11 is 12.4. The molecule has 0 fully saturated rings. The van der Waals surface area contributed by atoms with Crippen LogP contribution in [-0.4, -0.2) is 27.0 Å². The van der Waals surface area contributed by atoms with Gasteiger partial charge in [-0.3, -0.25) is 9.78 Å². The van der Waals surface area contributed by atoms with Crippen LogP contribution in [0, 0.1) is 0 Å². The molecule has 0 unspecified atom stereocenters. The molecule has 0 atom stereocenters. The van der Waals surface area contributed by atoms with Gasteiger partial charge >= 0.3 is 0 Å². The topological polar surface area (TPSA) is 59.8 Å². The molecule has 5 nitrogen and oxygen atoms in total. The lowest BCUT2D eigenvalue weighted by Crippen LogP contribution is -2.25. The Morgan fingerprint density at radius 1 is 1.03 bits per heavy atom. The first-order chi connectivity index (χ1) is 14.6. The van der Waals surface area contributed by atoms with Crippen molar-refractivity contribution in [1.29, 1.82) is 0 Å². The van der Waals surface area contributed by atoms with Gasteiger partial charge in [-0.15, -0.1) is 0 Å². The van der Waals surface area contributed by atoms with E-state index in [4.69, 9.17) is 28.2 Å². The third-order valence-electron chi connectivity index (χ3n) is 4.84. The van der Waals surface area contributed by atoms with Crippen molar-refractivity contribution >= 4 is 40.1 Å². The molecule has 7 heteroatoms. The van der Waals surface area contributed by atoms with E-state index in [1.807, 2.05) is 30.3 Å². The SMILES string of the molecule is O=C(NCCCc1nc2ccccc2n1Cc1ccc(Cl)cc1Cl)c1ccccn1. The molecule has 152 valence electrons. The number of carbonyl (C=O) groups excluding carboxylic acids is 1. The fourth-order valence-corrected chi connectivity index (χ4v) is 3.82. The molecule has 0 bridgehead atoms. The van der Waals surface area contributed by atoms with E-state index in [1.165, 1.54) is 0 Å². The lowest BCUT2D eigenvalue weighted by molar-refractivity contribution is 0.0948. The van der Waals surface area contributed by atoms with Gasteiger partial charge in [0.1, 0.15) is 11.5 Å². The summed E-state index contributed by atoms with van der Waals surface area (Å²) in [5, 5.41) is 4.16. The summed E-state index contributed by atoms with van der Waals surface area (Å²) in [6, 6.07) is 18.9. The van der Waals surface area contributed by atoms with Gasteiger partial charge in [0.25, 0.3) is 5.91 Å². The molecule has 2 aromatic heterocycles. The normalized spacial score (nSPS) is 11.0. The molecule has 2 aromatic carbocycles. The number of amides is 1. The molecule has 0 radical (unpaired) electrons. The van der Waals surface area contributed by atoms with E-state index >= 15 is 0 Å². The number of nitrogens with one attached hydrogen (secondary N) is 1. The summed E-state index contributed by atoms with van der Waals surface area (Å²) < 4.78 is 2.17. The summed E-state index contributed by atoms with van der Waals surface area (Å²) in [5.74, 6) is 0.784. The predicted octanol–water partition coefficient (Wildman–Crippen LogP) is 5.15. The number of aryl methyl sites for hydroxylation is 1. The number of rotatable bonds is 7. The number of halogens is 2. The highest BCUT2D eigenvalue weighted by atomic mass is 35.5. The molecular formula is C23H20Cl2N4O. The maximum Gasteiger partial charge on any atom is 0.269 e. The molecule has 4 rings (SSSR count). The zero-order valence-corrected chi connectivity index (χ0v) is 17.7. The zero-order valence-electron chi connectivity index (χ0n) is 16.2. The number of fused-ring (bicyclic) bond motifs is 1. The maximum absolute atomic E-state index is 12.2. The summed E-state index contributed by atoms with van der Waals surface area (Å²) in [6.07, 6.45) is 3.10. The highest BCUT2D eigenvalue weighted by molar-refractivity contribution is 6.35. The van der Waals surface area contributed by atoms with Gasteiger partial charge in [0.2, 0.25) is 0 Å². The Balaban J connectivity index is 1.48. The lowest BCUT2D eigenvalue weighted by atomic mass is 10.2. The van der Waals surface area contributed by atoms with Crippen LogP contribution >= 0.6 is 23.2 Å². The molecule has 0 aliphatic rings. The highest BCUT2D eigenvalue weighted by Gasteiger charge is 2.13. The van der Waals surface area contributed by atoms with Gasteiger partial charge < -0.3 is 9.88 Å². The van der Waals surface area contributed by atoms with Crippen LogP contribution in [0.3, 0.4) is 0 Å². The second-order valence-electron chi connectivity index (χ2n) is 6.91. The van der Waals surface area contributed by atoms with E-state index in [0.717, 1.165) is 35.3 Å². The van der Waals surface area contributed by atoms with E-state index in [1.54, 1.807) is 30.5 Å². The molecule has 0 aliphatic heterocycles. The van der Waals surface area contributed by atoms with Gasteiger partial charge in [0.05, 0.1) is 17.6 Å². The van der Waals surface area contributed by atoms with Crippen LogP contribution in [0.4, 0.5) is 0 Å². The Morgan fingerprint density at radius 2 is 1.87 bits per heavy atom. The Hall–Kier alpha value is -2.89. The van der Waals surface area contributed by atoms with Gasteiger partial charge in [0, 0.05) is 29.2 Å². The third kappa shape index (κ3) is 4.64. The summed E-state index contributed by atoms with van der Waals surface area (Å²) in [6.45, 7) is 1.15. The van der Waals surface area contributed by atoms with Crippen molar-refractivity contribution in [2.75, 3.05) is 6.54 Å². The molecule has 4 aromatic rings. The fraction of sp³-hybridized carbons (Fsp3) is 0.174. The van der Waals surface area contributed by atoms with Crippen LogP contribution in [0.25, 0.3) is 11.0 Å². The van der Waals surface area contributed by atoms with E-state index in [9.17, 15) is 4.79 Å². The molecule has 1 N–H and O–H groups in total. The predicted molar refractivity (Wildman–Crippen MR) is 120 cm³/mol. The van der Waals surface area contributed by atoms with Crippen LogP contribution < -0.4 is 5.32 Å². The number of hydrogen-bond donors (Lipinski definition) is 1. The van der Waals surface area contributed by atoms with Crippen molar-refractivity contribution in [3.05, 3.63) is 94.0 Å². The van der Waals surface area contributed by atoms with Crippen LogP contribution in [-0.2, 0) is 13.0 Å². The Kier molecular flexibility index (Phi) is 6.31. The standard InChI is InChI=1S/C23H20Cl2N4O/c24-17-11-10-16(18(25)14-17)15-29-21-8-2-1-6-19(21)28-22(29)9-5-13-27-23(30)20-7-3-4-12-26-20/h1-4,6-8,10-12,14H,5,9,13,15H2,(H,27,30). The lowest BCUT2D eigenvalue weighted by Gasteiger charge is -2.11. The van der Waals surface area contributed by atoms with Crippen LogP contribution in [0.15, 0.2) is 66.9 Å². The second kappa shape index (κ2) is 9.28. The van der Waals surface area contributed by atoms with Gasteiger partial charge in [-0.25, -0.2) is 4.98 Å². The largest absolute Gasteiger partial charge is 0.351 e. The first-order valence-corrected chi connectivity index (χ1v) is 10.4. The maximum atomic E-state index is 12.2. The van der Waals surface area contributed by atoms with E-state index in [-0.39, 0.29) is 5.91 Å². The number of nitrogens with zero attached hydrogens (tertiary/aromatic N) is 3. The molecule has 1 amide bonds. The zero-order chi connectivity index (χ0) is 20.9. The molecule has 2 heterocycles. The van der Waals surface area contributed by atoms with Gasteiger partial charge in [-0.05, 0) is 48.4 Å². The molecule has 0 saturated heterocycles. The number of para-hydroxylation sites is 2. The number of aromatic nitrogens is 3. The number of pyridine rings is 1. The quantitative estimate of drug-likeness (QED) is 0.405. The number of carbonyl (C=O) groups is 1. The Morgan fingerprint density at radius 3 is 2.67 bits per heavy atom. The number of hydrogen-bond acceptors (Lipinski definition) is 3. The van der Waals surface area contributed by atoms with Gasteiger partial charge in [0.15, 0.2) is 0 Å². The first kappa shape index (κ1) is 20.4. The van der Waals surface area contributed by atoms with E-state index in [2.05, 4.69) is 20.9 Å². The van der Waals surface area contributed by atoms with Crippen molar-refractivity contribution < 1.29 is 4.79 Å². The molecule has 0 aliphatic carbocycles. The van der Waals surface area contributed by atoms with E-state index < -0.39 is 0 Å². The van der Waals surface area contributed by atoms with Crippen LogP contribution in [0.2, 0.25) is 10.0 Å². The van der Waals surface area contributed by atoms with Crippen molar-refractivity contribution in [3.63, 3.8) is 0 Å². The summed E-state index contributed by atoms with van der Waals surface area (Å²) in [7, 11) is 0. The van der Waals surface area contributed by atoms with Gasteiger partial charge in [-0.2, -0.15) is 0 Å². The Bertz CT molecular complexity index is 1170. The van der Waals surface area contributed by atoms with E-state index in [0.29, 0.717) is 28.8 Å². The average molecular weight is 439 g/mol. The second-order valence-corrected chi connectivity index (χ2v) is 7.76. The highest BCUT2D eigenvalue weighted by Crippen LogP contribution is 2.25. The monoisotopic (exact) mass is 438 g/mol. The molecular weight excluding hydrogens is 419 g/mol. The van der Waals surface area contributed by atoms with Crippen molar-refractivity contribution in [2.24, 2.45) is 0 Å². The van der Waals surface area contributed by atoms with Crippen LogP contribution in [0.5, 0.6) is 0 Å². The number of benzene rings is 2. The molecule has 30 heavy (non-hydrogen) atoms. The Labute approximate surface area is 184 Å². The van der Waals surface area contributed by atoms with Crippen molar-refractivity contribution in [3.8, 4) is 0 Å². The smallest absolute Gasteiger partial charge is 0.269 e.